The number of rotatable bonds is 6. The first kappa shape index (κ1) is 21.8. The second kappa shape index (κ2) is 8.07. The van der Waals surface area contributed by atoms with Gasteiger partial charge in [-0.25, -0.2) is 34.3 Å². The van der Waals surface area contributed by atoms with Crippen molar-refractivity contribution in [1.82, 2.24) is 9.29 Å². The van der Waals surface area contributed by atoms with Crippen LogP contribution in [0, 0.1) is 29.1 Å². The normalized spacial score (nSPS) is 11.7. The number of hydrogen-bond donors (Lipinski definition) is 1. The molecule has 1 heterocycles. The molecule has 3 aromatic rings. The lowest BCUT2D eigenvalue weighted by molar-refractivity contribution is 0.410. The Kier molecular flexibility index (Phi) is 5.86. The van der Waals surface area contributed by atoms with Crippen LogP contribution in [-0.4, -0.2) is 26.5 Å². The Balaban J connectivity index is 2.39. The Morgan fingerprint density at radius 3 is 2.13 bits per heavy atom. The van der Waals surface area contributed by atoms with E-state index in [2.05, 4.69) is 5.32 Å². The summed E-state index contributed by atoms with van der Waals surface area (Å²) >= 11 is 0. The lowest BCUT2D eigenvalue weighted by atomic mass is 10.1. The lowest BCUT2D eigenvalue weighted by Crippen LogP contribution is -2.15. The highest BCUT2D eigenvalue weighted by Gasteiger charge is 2.31. The van der Waals surface area contributed by atoms with E-state index in [-0.39, 0.29) is 17.9 Å². The van der Waals surface area contributed by atoms with Crippen molar-refractivity contribution in [3.63, 3.8) is 0 Å². The number of nitrogens with zero attached hydrogens (tertiary/aromatic N) is 1. The standard InChI is InChI=1S/C19H15F5N2O3S/c1-25-8-10-9-26(30(27,28)12-3-4-13(21)14(22)7-12)18(19(10)29-2)17-15(23)5-11(20)6-16(17)24/h3-7,9,25H,8H2,1-2H3. The fourth-order valence-corrected chi connectivity index (χ4v) is 4.39. The lowest BCUT2D eigenvalue weighted by Gasteiger charge is -2.14. The summed E-state index contributed by atoms with van der Waals surface area (Å²) in [6.45, 7) is 0.0426. The fraction of sp³-hybridized carbons (Fsp3) is 0.158. The molecule has 0 fully saturated rings. The third-order valence-corrected chi connectivity index (χ3v) is 5.92. The van der Waals surface area contributed by atoms with Crippen LogP contribution in [0.2, 0.25) is 0 Å². The van der Waals surface area contributed by atoms with Crippen molar-refractivity contribution in [2.45, 2.75) is 11.4 Å². The zero-order valence-corrected chi connectivity index (χ0v) is 16.5. The summed E-state index contributed by atoms with van der Waals surface area (Å²) in [4.78, 5) is -0.667. The van der Waals surface area contributed by atoms with Crippen molar-refractivity contribution in [3.8, 4) is 17.0 Å². The number of methoxy groups -OCH3 is 1. The molecule has 2 aromatic carbocycles. The predicted molar refractivity (Wildman–Crippen MR) is 98.0 cm³/mol. The van der Waals surface area contributed by atoms with E-state index in [0.717, 1.165) is 19.4 Å². The maximum absolute atomic E-state index is 14.5. The molecule has 1 N–H and O–H groups in total. The average molecular weight is 446 g/mol. The quantitative estimate of drug-likeness (QED) is 0.585. The number of ether oxygens (including phenoxy) is 1. The van der Waals surface area contributed by atoms with Gasteiger partial charge in [-0.1, -0.05) is 0 Å². The molecule has 0 spiro atoms. The average Bonchev–Trinajstić information content (AvgIpc) is 3.02. The van der Waals surface area contributed by atoms with E-state index in [1.807, 2.05) is 0 Å². The van der Waals surface area contributed by atoms with Crippen LogP contribution in [0.5, 0.6) is 5.75 Å². The Labute approximate surface area is 168 Å². The van der Waals surface area contributed by atoms with Crippen LogP contribution in [0.1, 0.15) is 5.56 Å². The third-order valence-electron chi connectivity index (χ3n) is 4.26. The molecule has 0 saturated carbocycles. The number of aromatic nitrogens is 1. The molecule has 5 nitrogen and oxygen atoms in total. The minimum Gasteiger partial charge on any atom is -0.494 e. The third kappa shape index (κ3) is 3.65. The minimum absolute atomic E-state index is 0.0426. The second-order valence-corrected chi connectivity index (χ2v) is 8.00. The number of benzene rings is 2. The van der Waals surface area contributed by atoms with E-state index < -0.39 is 55.3 Å². The Morgan fingerprint density at radius 2 is 1.60 bits per heavy atom. The summed E-state index contributed by atoms with van der Waals surface area (Å²) in [6, 6.07) is 2.62. The van der Waals surface area contributed by atoms with E-state index in [4.69, 9.17) is 4.74 Å². The smallest absolute Gasteiger partial charge is 0.268 e. The van der Waals surface area contributed by atoms with Crippen LogP contribution < -0.4 is 10.1 Å². The zero-order chi connectivity index (χ0) is 22.2. The van der Waals surface area contributed by atoms with Gasteiger partial charge in [-0.05, 0) is 25.2 Å². The summed E-state index contributed by atoms with van der Waals surface area (Å²) in [5.74, 6) is -6.84. The van der Waals surface area contributed by atoms with Crippen molar-refractivity contribution in [2.75, 3.05) is 14.2 Å². The maximum Gasteiger partial charge on any atom is 0.268 e. The van der Waals surface area contributed by atoms with E-state index in [1.54, 1.807) is 7.05 Å². The fourth-order valence-electron chi connectivity index (χ4n) is 2.99. The molecule has 1 aromatic heterocycles. The molecule has 0 saturated heterocycles. The van der Waals surface area contributed by atoms with Gasteiger partial charge in [0.2, 0.25) is 0 Å². The van der Waals surface area contributed by atoms with Gasteiger partial charge in [-0.15, -0.1) is 0 Å². The number of nitrogens with one attached hydrogen (secondary N) is 1. The molecule has 30 heavy (non-hydrogen) atoms. The van der Waals surface area contributed by atoms with E-state index in [0.29, 0.717) is 28.2 Å². The highest BCUT2D eigenvalue weighted by atomic mass is 32.2. The predicted octanol–water partition coefficient (Wildman–Crippen LogP) is 3.82. The van der Waals surface area contributed by atoms with Gasteiger partial charge in [0.1, 0.15) is 28.9 Å². The van der Waals surface area contributed by atoms with Crippen LogP contribution >= 0.6 is 0 Å². The van der Waals surface area contributed by atoms with Gasteiger partial charge in [-0.3, -0.25) is 0 Å². The molecule has 11 heteroatoms. The van der Waals surface area contributed by atoms with Crippen LogP contribution in [0.15, 0.2) is 41.4 Å². The molecular weight excluding hydrogens is 431 g/mol. The first-order chi connectivity index (χ1) is 14.1. The summed E-state index contributed by atoms with van der Waals surface area (Å²) in [5, 5.41) is 2.75. The SMILES string of the molecule is CNCc1cn(S(=O)(=O)c2ccc(F)c(F)c2)c(-c2c(F)cc(F)cc2F)c1OC. The van der Waals surface area contributed by atoms with Crippen LogP contribution in [-0.2, 0) is 16.6 Å². The van der Waals surface area contributed by atoms with Crippen molar-refractivity contribution in [2.24, 2.45) is 0 Å². The molecule has 0 unspecified atom stereocenters. The molecule has 0 atom stereocenters. The maximum atomic E-state index is 14.5. The van der Waals surface area contributed by atoms with Crippen molar-refractivity contribution < 1.29 is 35.1 Å². The Bertz CT molecular complexity index is 1200. The minimum atomic E-state index is -4.66. The van der Waals surface area contributed by atoms with Gasteiger partial charge >= 0.3 is 0 Å². The van der Waals surface area contributed by atoms with E-state index in [1.165, 1.54) is 0 Å². The van der Waals surface area contributed by atoms with Gasteiger partial charge in [0, 0.05) is 30.4 Å². The summed E-state index contributed by atoms with van der Waals surface area (Å²) in [5.41, 5.74) is -1.23. The molecule has 3 rings (SSSR count). The van der Waals surface area contributed by atoms with Gasteiger partial charge in [-0.2, -0.15) is 0 Å². The van der Waals surface area contributed by atoms with E-state index in [9.17, 15) is 30.4 Å². The molecule has 0 aliphatic rings. The second-order valence-electron chi connectivity index (χ2n) is 6.19. The molecule has 160 valence electrons. The highest BCUT2D eigenvalue weighted by molar-refractivity contribution is 7.90. The molecule has 0 amide bonds. The van der Waals surface area contributed by atoms with Crippen LogP contribution in [0.4, 0.5) is 22.0 Å². The van der Waals surface area contributed by atoms with Gasteiger partial charge in [0.05, 0.1) is 17.6 Å². The summed E-state index contributed by atoms with van der Waals surface area (Å²) in [7, 11) is -1.96. The first-order valence-corrected chi connectivity index (χ1v) is 9.84. The van der Waals surface area contributed by atoms with Crippen LogP contribution in [0.3, 0.4) is 0 Å². The molecule has 0 aliphatic carbocycles. The van der Waals surface area contributed by atoms with Gasteiger partial charge < -0.3 is 10.1 Å². The molecule has 0 bridgehead atoms. The Hall–Kier alpha value is -2.92. The molecule has 0 radical (unpaired) electrons. The topological polar surface area (TPSA) is 60.3 Å². The molecule has 0 aliphatic heterocycles. The van der Waals surface area contributed by atoms with Crippen molar-refractivity contribution in [3.05, 3.63) is 71.2 Å². The monoisotopic (exact) mass is 446 g/mol. The summed E-state index contributed by atoms with van der Waals surface area (Å²) < 4.78 is 101. The Morgan fingerprint density at radius 1 is 0.967 bits per heavy atom. The van der Waals surface area contributed by atoms with Gasteiger partial charge in [0.25, 0.3) is 10.0 Å². The summed E-state index contributed by atoms with van der Waals surface area (Å²) in [6.07, 6.45) is 1.03. The number of halogens is 5. The highest BCUT2D eigenvalue weighted by Crippen LogP contribution is 2.40. The zero-order valence-electron chi connectivity index (χ0n) is 15.6. The van der Waals surface area contributed by atoms with Gasteiger partial charge in [0.15, 0.2) is 11.6 Å². The van der Waals surface area contributed by atoms with E-state index >= 15 is 0 Å². The van der Waals surface area contributed by atoms with Crippen LogP contribution in [0.25, 0.3) is 11.3 Å². The number of hydrogen-bond acceptors (Lipinski definition) is 4. The van der Waals surface area contributed by atoms with Crippen molar-refractivity contribution >= 4 is 10.0 Å². The first-order valence-electron chi connectivity index (χ1n) is 8.40. The van der Waals surface area contributed by atoms with Crippen molar-refractivity contribution in [1.29, 1.82) is 0 Å². The largest absolute Gasteiger partial charge is 0.494 e. The molecular formula is C19H15F5N2O3S.